The molecule has 0 aliphatic rings. The van der Waals surface area contributed by atoms with Crippen LogP contribution in [0.15, 0.2) is 6.07 Å². The average Bonchev–Trinajstić information content (AvgIpc) is 2.02. The van der Waals surface area contributed by atoms with Crippen LogP contribution in [-0.4, -0.2) is 22.5 Å². The highest BCUT2D eigenvalue weighted by Crippen LogP contribution is 2.25. The molecule has 1 aromatic carbocycles. The number of aromatic carboxylic acids is 1. The van der Waals surface area contributed by atoms with Gasteiger partial charge in [0.25, 0.3) is 0 Å². The van der Waals surface area contributed by atoms with Crippen LogP contribution in [0.5, 0.6) is 5.75 Å². The third kappa shape index (κ3) is 1.46. The number of carbonyl (C=O) groups is 2. The highest BCUT2D eigenvalue weighted by molar-refractivity contribution is 5.95. The van der Waals surface area contributed by atoms with Crippen molar-refractivity contribution in [2.45, 2.75) is 13.8 Å². The fourth-order valence-electron chi connectivity index (χ4n) is 1.46. The zero-order valence-electron chi connectivity index (χ0n) is 7.87. The van der Waals surface area contributed by atoms with Gasteiger partial charge in [0.05, 0.1) is 11.1 Å². The minimum absolute atomic E-state index is 0.0352. The maximum Gasteiger partial charge on any atom is 0.336 e. The van der Waals surface area contributed by atoms with Crippen molar-refractivity contribution in [2.24, 2.45) is 0 Å². The Morgan fingerprint density at radius 2 is 2.00 bits per heavy atom. The molecule has 1 aromatic rings. The van der Waals surface area contributed by atoms with Crippen molar-refractivity contribution in [1.82, 2.24) is 0 Å². The predicted octanol–water partition coefficient (Wildman–Crippen LogP) is 1.52. The Balaban J connectivity index is 3.60. The first-order valence-electron chi connectivity index (χ1n) is 4.00. The van der Waals surface area contributed by atoms with Gasteiger partial charge in [0.1, 0.15) is 5.75 Å². The second-order valence-electron chi connectivity index (χ2n) is 3.05. The van der Waals surface area contributed by atoms with Crippen LogP contribution in [0, 0.1) is 13.8 Å². The molecule has 0 fully saturated rings. The Morgan fingerprint density at radius 3 is 2.43 bits per heavy atom. The highest BCUT2D eigenvalue weighted by Gasteiger charge is 2.16. The molecular formula is C10H10O4. The second kappa shape index (κ2) is 3.49. The zero-order valence-corrected chi connectivity index (χ0v) is 7.87. The van der Waals surface area contributed by atoms with Crippen molar-refractivity contribution in [1.29, 1.82) is 0 Å². The van der Waals surface area contributed by atoms with Crippen molar-refractivity contribution >= 4 is 12.3 Å². The van der Waals surface area contributed by atoms with E-state index in [2.05, 4.69) is 0 Å². The SMILES string of the molecule is Cc1cc(O)c(C=O)c(C)c1C(=O)O. The van der Waals surface area contributed by atoms with Gasteiger partial charge >= 0.3 is 5.97 Å². The minimum atomic E-state index is -1.09. The molecule has 0 aromatic heterocycles. The standard InChI is InChI=1S/C10H10O4/c1-5-3-8(12)7(4-11)6(2)9(5)10(13)14/h3-4,12H,1-2H3,(H,13,14). The summed E-state index contributed by atoms with van der Waals surface area (Å²) in [4.78, 5) is 21.4. The number of benzene rings is 1. The van der Waals surface area contributed by atoms with E-state index in [9.17, 15) is 14.7 Å². The normalized spacial score (nSPS) is 9.86. The van der Waals surface area contributed by atoms with Crippen LogP contribution in [0.2, 0.25) is 0 Å². The molecule has 0 amide bonds. The van der Waals surface area contributed by atoms with E-state index in [1.165, 1.54) is 13.0 Å². The smallest absolute Gasteiger partial charge is 0.336 e. The number of rotatable bonds is 2. The summed E-state index contributed by atoms with van der Waals surface area (Å²) in [5.74, 6) is -1.27. The van der Waals surface area contributed by atoms with Gasteiger partial charge in [-0.1, -0.05) is 0 Å². The summed E-state index contributed by atoms with van der Waals surface area (Å²) in [5, 5.41) is 18.2. The summed E-state index contributed by atoms with van der Waals surface area (Å²) in [6.45, 7) is 3.07. The number of carbonyl (C=O) groups excluding carboxylic acids is 1. The van der Waals surface area contributed by atoms with E-state index in [0.29, 0.717) is 17.4 Å². The molecule has 0 radical (unpaired) electrons. The second-order valence-corrected chi connectivity index (χ2v) is 3.05. The Hall–Kier alpha value is -1.84. The van der Waals surface area contributed by atoms with Gasteiger partial charge in [0.2, 0.25) is 0 Å². The Bertz CT molecular complexity index is 407. The molecule has 4 nitrogen and oxygen atoms in total. The van der Waals surface area contributed by atoms with Crippen molar-refractivity contribution in [3.63, 3.8) is 0 Å². The van der Waals surface area contributed by atoms with Gasteiger partial charge in [0.15, 0.2) is 6.29 Å². The molecule has 0 aliphatic carbocycles. The minimum Gasteiger partial charge on any atom is -0.507 e. The van der Waals surface area contributed by atoms with Gasteiger partial charge in [-0.25, -0.2) is 4.79 Å². The summed E-state index contributed by atoms with van der Waals surface area (Å²) >= 11 is 0. The molecule has 0 saturated heterocycles. The molecule has 2 N–H and O–H groups in total. The van der Waals surface area contributed by atoms with E-state index in [0.717, 1.165) is 0 Å². The molecule has 4 heteroatoms. The average molecular weight is 194 g/mol. The van der Waals surface area contributed by atoms with E-state index in [1.807, 2.05) is 0 Å². The quantitative estimate of drug-likeness (QED) is 0.700. The van der Waals surface area contributed by atoms with E-state index in [1.54, 1.807) is 6.92 Å². The monoisotopic (exact) mass is 194 g/mol. The number of hydrogen-bond acceptors (Lipinski definition) is 3. The number of aromatic hydroxyl groups is 1. The number of phenols is 1. The summed E-state index contributed by atoms with van der Waals surface area (Å²) < 4.78 is 0. The lowest BCUT2D eigenvalue weighted by molar-refractivity contribution is 0.0695. The lowest BCUT2D eigenvalue weighted by Crippen LogP contribution is -2.05. The van der Waals surface area contributed by atoms with Crippen molar-refractivity contribution in [3.05, 3.63) is 28.3 Å². The molecule has 74 valence electrons. The van der Waals surface area contributed by atoms with Crippen molar-refractivity contribution in [2.75, 3.05) is 0 Å². The maximum atomic E-state index is 10.8. The van der Waals surface area contributed by atoms with Gasteiger partial charge in [-0.2, -0.15) is 0 Å². The molecule has 0 saturated carbocycles. The van der Waals surface area contributed by atoms with Gasteiger partial charge in [-0.15, -0.1) is 0 Å². The topological polar surface area (TPSA) is 74.6 Å². The van der Waals surface area contributed by atoms with Crippen molar-refractivity contribution in [3.8, 4) is 5.75 Å². The van der Waals surface area contributed by atoms with E-state index >= 15 is 0 Å². The van der Waals surface area contributed by atoms with Crippen LogP contribution < -0.4 is 0 Å². The van der Waals surface area contributed by atoms with Gasteiger partial charge in [-0.3, -0.25) is 4.79 Å². The predicted molar refractivity (Wildman–Crippen MR) is 49.9 cm³/mol. The first kappa shape index (κ1) is 10.2. The van der Waals surface area contributed by atoms with E-state index in [4.69, 9.17) is 5.11 Å². The summed E-state index contributed by atoms with van der Waals surface area (Å²) in [7, 11) is 0. The molecule has 0 heterocycles. The van der Waals surface area contributed by atoms with Crippen LogP contribution in [0.4, 0.5) is 0 Å². The molecule has 0 aliphatic heterocycles. The largest absolute Gasteiger partial charge is 0.507 e. The fourth-order valence-corrected chi connectivity index (χ4v) is 1.46. The van der Waals surface area contributed by atoms with Crippen LogP contribution in [0.1, 0.15) is 31.8 Å². The molecule has 0 bridgehead atoms. The molecule has 0 unspecified atom stereocenters. The number of phenolic OH excluding ortho intramolecular Hbond substituents is 1. The number of hydrogen-bond donors (Lipinski definition) is 2. The van der Waals surface area contributed by atoms with E-state index < -0.39 is 5.97 Å². The molecular weight excluding hydrogens is 184 g/mol. The van der Waals surface area contributed by atoms with Gasteiger partial charge in [0, 0.05) is 0 Å². The number of carboxylic acid groups (broad SMARTS) is 1. The fraction of sp³-hybridized carbons (Fsp3) is 0.200. The molecule has 14 heavy (non-hydrogen) atoms. The third-order valence-electron chi connectivity index (χ3n) is 2.13. The number of aldehydes is 1. The van der Waals surface area contributed by atoms with Crippen molar-refractivity contribution < 1.29 is 19.8 Å². The highest BCUT2D eigenvalue weighted by atomic mass is 16.4. The lowest BCUT2D eigenvalue weighted by Gasteiger charge is -2.09. The van der Waals surface area contributed by atoms with E-state index in [-0.39, 0.29) is 16.9 Å². The molecule has 0 atom stereocenters. The summed E-state index contributed by atoms with van der Waals surface area (Å²) in [6.07, 6.45) is 0.455. The van der Waals surface area contributed by atoms with Gasteiger partial charge < -0.3 is 10.2 Å². The van der Waals surface area contributed by atoms with Crippen LogP contribution in [0.25, 0.3) is 0 Å². The number of aryl methyl sites for hydroxylation is 1. The first-order valence-corrected chi connectivity index (χ1v) is 4.00. The summed E-state index contributed by atoms with van der Waals surface area (Å²) in [5.41, 5.74) is 0.848. The lowest BCUT2D eigenvalue weighted by atomic mass is 9.97. The maximum absolute atomic E-state index is 10.8. The Morgan fingerprint density at radius 1 is 1.43 bits per heavy atom. The Kier molecular flexibility index (Phi) is 2.56. The van der Waals surface area contributed by atoms with Crippen LogP contribution >= 0.6 is 0 Å². The Labute approximate surface area is 80.8 Å². The summed E-state index contributed by atoms with van der Waals surface area (Å²) in [6, 6.07) is 1.28. The first-order chi connectivity index (χ1) is 6.49. The molecule has 1 rings (SSSR count). The van der Waals surface area contributed by atoms with Crippen LogP contribution in [-0.2, 0) is 0 Å². The third-order valence-corrected chi connectivity index (χ3v) is 2.13. The number of carboxylic acids is 1. The van der Waals surface area contributed by atoms with Gasteiger partial charge in [-0.05, 0) is 31.0 Å². The molecule has 0 spiro atoms. The van der Waals surface area contributed by atoms with Crippen LogP contribution in [0.3, 0.4) is 0 Å². The zero-order chi connectivity index (χ0) is 10.9.